The Hall–Kier alpha value is -2.60. The lowest BCUT2D eigenvalue weighted by Crippen LogP contribution is -2.21. The second kappa shape index (κ2) is 7.43. The number of nitrogens with one attached hydrogen (secondary N) is 2. The van der Waals surface area contributed by atoms with Crippen LogP contribution in [0.5, 0.6) is 0 Å². The maximum atomic E-state index is 12.0. The van der Waals surface area contributed by atoms with E-state index in [1.54, 1.807) is 6.07 Å². The van der Waals surface area contributed by atoms with E-state index in [1.807, 2.05) is 29.1 Å². The van der Waals surface area contributed by atoms with E-state index in [9.17, 15) is 21.6 Å². The van der Waals surface area contributed by atoms with E-state index < -0.39 is 22.2 Å². The van der Waals surface area contributed by atoms with Crippen molar-refractivity contribution >= 4 is 21.7 Å². The number of anilines is 1. The van der Waals surface area contributed by atoms with Crippen molar-refractivity contribution in [1.82, 2.24) is 15.1 Å². The number of halogens is 3. The normalized spacial score (nSPS) is 16.1. The van der Waals surface area contributed by atoms with E-state index in [1.165, 1.54) is 5.56 Å². The third-order valence-electron chi connectivity index (χ3n) is 4.12. The molecule has 12 heteroatoms. The average Bonchev–Trinajstić information content (AvgIpc) is 3.24. The van der Waals surface area contributed by atoms with Crippen LogP contribution in [-0.4, -0.2) is 40.7 Å². The summed E-state index contributed by atoms with van der Waals surface area (Å²) in [7, 11) is -3.23. The number of rotatable bonds is 4. The first-order valence-corrected chi connectivity index (χ1v) is 9.81. The fraction of sp³-hybridized carbons (Fsp3) is 0.375. The van der Waals surface area contributed by atoms with Crippen LogP contribution >= 0.6 is 0 Å². The molecule has 8 nitrogen and oxygen atoms in total. The van der Waals surface area contributed by atoms with Gasteiger partial charge in [-0.1, -0.05) is 6.07 Å². The molecule has 0 unspecified atom stereocenters. The molecule has 1 aliphatic heterocycles. The molecule has 1 aromatic carbocycles. The van der Waals surface area contributed by atoms with Crippen LogP contribution in [0, 0.1) is 0 Å². The van der Waals surface area contributed by atoms with E-state index >= 15 is 0 Å². The van der Waals surface area contributed by atoms with Gasteiger partial charge < -0.3 is 10.4 Å². The van der Waals surface area contributed by atoms with Crippen LogP contribution in [0.1, 0.15) is 24.1 Å². The van der Waals surface area contributed by atoms with E-state index in [0.717, 1.165) is 37.3 Å². The summed E-state index contributed by atoms with van der Waals surface area (Å²) in [5.74, 6) is -2.76. The van der Waals surface area contributed by atoms with Crippen LogP contribution in [0.4, 0.5) is 18.9 Å². The van der Waals surface area contributed by atoms with Gasteiger partial charge in [-0.05, 0) is 31.0 Å². The molecular weight excluding hydrogens is 401 g/mol. The first-order valence-electron chi connectivity index (χ1n) is 8.26. The van der Waals surface area contributed by atoms with Gasteiger partial charge in [-0.15, -0.1) is 0 Å². The predicted molar refractivity (Wildman–Crippen MR) is 93.4 cm³/mol. The third-order valence-corrected chi connectivity index (χ3v) is 5.99. The zero-order valence-electron chi connectivity index (χ0n) is 14.4. The number of aliphatic carboxylic acids is 1. The second-order valence-corrected chi connectivity index (χ2v) is 8.29. The summed E-state index contributed by atoms with van der Waals surface area (Å²) in [5.41, 5.74) is 3.79. The summed E-state index contributed by atoms with van der Waals surface area (Å²) in [6.07, 6.45) is -1.71. The molecule has 152 valence electrons. The number of fused-ring (bicyclic) bond motifs is 1. The number of aromatic nitrogens is 2. The first kappa shape index (κ1) is 20.1. The molecule has 2 heterocycles. The molecule has 28 heavy (non-hydrogen) atoms. The standard InChI is InChI=1S/C14H16N4O2S.C2HF3O2/c19-21(20,13-4-5-13)17-11-2-1-3-12(6-11)18-14-9-15-7-10(14)8-16-18;3-2(4,5)1(6)7/h1-3,6,8,13,15,17H,4-5,7,9H2;(H,6,7). The number of carboxylic acid groups (broad SMARTS) is 1. The molecule has 2 aliphatic rings. The van der Waals surface area contributed by atoms with Crippen molar-refractivity contribution in [3.8, 4) is 5.69 Å². The number of carboxylic acids is 1. The summed E-state index contributed by atoms with van der Waals surface area (Å²) in [4.78, 5) is 8.90. The number of sulfonamides is 1. The second-order valence-electron chi connectivity index (χ2n) is 6.33. The van der Waals surface area contributed by atoms with Crippen LogP contribution in [0.15, 0.2) is 30.5 Å². The molecule has 1 fully saturated rings. The van der Waals surface area contributed by atoms with Gasteiger partial charge in [0.1, 0.15) is 0 Å². The molecule has 2 aromatic rings. The van der Waals surface area contributed by atoms with Crippen molar-refractivity contribution in [3.05, 3.63) is 41.7 Å². The van der Waals surface area contributed by atoms with E-state index in [0.29, 0.717) is 5.69 Å². The zero-order valence-corrected chi connectivity index (χ0v) is 15.2. The maximum Gasteiger partial charge on any atom is 0.490 e. The summed E-state index contributed by atoms with van der Waals surface area (Å²) in [6.45, 7) is 1.62. The Morgan fingerprint density at radius 1 is 1.29 bits per heavy atom. The van der Waals surface area contributed by atoms with Gasteiger partial charge >= 0.3 is 12.1 Å². The minimum atomic E-state index is -5.08. The van der Waals surface area contributed by atoms with Gasteiger partial charge in [-0.2, -0.15) is 18.3 Å². The molecule has 1 saturated carbocycles. The highest BCUT2D eigenvalue weighted by molar-refractivity contribution is 7.93. The molecule has 3 N–H and O–H groups in total. The number of alkyl halides is 3. The van der Waals surface area contributed by atoms with Gasteiger partial charge in [-0.25, -0.2) is 17.9 Å². The molecule has 0 amide bonds. The maximum absolute atomic E-state index is 12.0. The van der Waals surface area contributed by atoms with Gasteiger partial charge in [0.05, 0.1) is 28.5 Å². The lowest BCUT2D eigenvalue weighted by atomic mass is 10.2. The first-order chi connectivity index (χ1) is 13.1. The van der Waals surface area contributed by atoms with Gasteiger partial charge in [0.15, 0.2) is 0 Å². The summed E-state index contributed by atoms with van der Waals surface area (Å²) < 4.78 is 60.3. The Morgan fingerprint density at radius 2 is 1.96 bits per heavy atom. The third kappa shape index (κ3) is 4.62. The molecule has 0 atom stereocenters. The Kier molecular flexibility index (Phi) is 5.35. The summed E-state index contributed by atoms with van der Waals surface area (Å²) >= 11 is 0. The monoisotopic (exact) mass is 418 g/mol. The van der Waals surface area contributed by atoms with Gasteiger partial charge in [0.2, 0.25) is 10.0 Å². The summed E-state index contributed by atoms with van der Waals surface area (Å²) in [6, 6.07) is 7.37. The molecule has 0 bridgehead atoms. The minimum absolute atomic E-state index is 0.223. The SMILES string of the molecule is O=C(O)C(F)(F)F.O=S(=O)(Nc1cccc(-n2ncc3c2CNC3)c1)C1CC1. The summed E-state index contributed by atoms with van der Waals surface area (Å²) in [5, 5.41) is 14.6. The number of nitrogens with zero attached hydrogens (tertiary/aromatic N) is 2. The van der Waals surface area contributed by atoms with Gasteiger partial charge in [0, 0.05) is 18.7 Å². The Morgan fingerprint density at radius 3 is 2.57 bits per heavy atom. The molecule has 0 spiro atoms. The number of hydrogen-bond acceptors (Lipinski definition) is 5. The lowest BCUT2D eigenvalue weighted by molar-refractivity contribution is -0.192. The van der Waals surface area contributed by atoms with Crippen LogP contribution in [0.25, 0.3) is 5.69 Å². The van der Waals surface area contributed by atoms with Crippen molar-refractivity contribution in [2.45, 2.75) is 37.4 Å². The Labute approximate surface area is 158 Å². The Bertz CT molecular complexity index is 984. The molecule has 1 aliphatic carbocycles. The van der Waals surface area contributed by atoms with Gasteiger partial charge in [0.25, 0.3) is 0 Å². The van der Waals surface area contributed by atoms with Crippen molar-refractivity contribution < 1.29 is 31.5 Å². The topological polar surface area (TPSA) is 113 Å². The highest BCUT2D eigenvalue weighted by Gasteiger charge is 2.38. The van der Waals surface area contributed by atoms with Crippen molar-refractivity contribution in [2.75, 3.05) is 4.72 Å². The molecular formula is C16H17F3N4O4S. The fourth-order valence-corrected chi connectivity index (χ4v) is 3.99. The average molecular weight is 418 g/mol. The van der Waals surface area contributed by atoms with E-state index in [4.69, 9.17) is 9.90 Å². The molecule has 0 radical (unpaired) electrons. The van der Waals surface area contributed by atoms with Crippen LogP contribution < -0.4 is 10.0 Å². The fourth-order valence-electron chi connectivity index (χ4n) is 2.61. The van der Waals surface area contributed by atoms with E-state index in [2.05, 4.69) is 15.1 Å². The Balaban J connectivity index is 0.000000279. The molecule has 1 aromatic heterocycles. The van der Waals surface area contributed by atoms with Crippen LogP contribution in [0.3, 0.4) is 0 Å². The largest absolute Gasteiger partial charge is 0.490 e. The van der Waals surface area contributed by atoms with Crippen molar-refractivity contribution in [3.63, 3.8) is 0 Å². The van der Waals surface area contributed by atoms with E-state index in [-0.39, 0.29) is 5.25 Å². The lowest BCUT2D eigenvalue weighted by Gasteiger charge is -2.10. The quantitative estimate of drug-likeness (QED) is 0.700. The molecule has 4 rings (SSSR count). The number of carbonyl (C=O) groups is 1. The smallest absolute Gasteiger partial charge is 0.475 e. The number of hydrogen-bond donors (Lipinski definition) is 3. The predicted octanol–water partition coefficient (Wildman–Crippen LogP) is 2.01. The minimum Gasteiger partial charge on any atom is -0.475 e. The van der Waals surface area contributed by atoms with Crippen molar-refractivity contribution in [2.24, 2.45) is 0 Å². The zero-order chi connectivity index (χ0) is 20.5. The van der Waals surface area contributed by atoms with Crippen LogP contribution in [-0.2, 0) is 27.9 Å². The molecule has 0 saturated heterocycles. The van der Waals surface area contributed by atoms with Crippen molar-refractivity contribution in [1.29, 1.82) is 0 Å². The highest BCUT2D eigenvalue weighted by Crippen LogP contribution is 2.30. The van der Waals surface area contributed by atoms with Crippen LogP contribution in [0.2, 0.25) is 0 Å². The highest BCUT2D eigenvalue weighted by atomic mass is 32.2. The number of benzene rings is 1. The van der Waals surface area contributed by atoms with Gasteiger partial charge in [-0.3, -0.25) is 4.72 Å².